The van der Waals surface area contributed by atoms with E-state index >= 15 is 0 Å². The Morgan fingerprint density at radius 1 is 1.09 bits per heavy atom. The highest BCUT2D eigenvalue weighted by atomic mass is 32.3. The number of hydrogen-bond donors (Lipinski definition) is 1. The number of rotatable bonds is 2. The van der Waals surface area contributed by atoms with Crippen molar-refractivity contribution in [3.8, 4) is 0 Å². The molecule has 1 aliphatic heterocycles. The van der Waals surface area contributed by atoms with E-state index in [1.54, 1.807) is 0 Å². The fourth-order valence-electron chi connectivity index (χ4n) is 1.45. The molecule has 0 aromatic carbocycles. The van der Waals surface area contributed by atoms with Crippen LogP contribution in [0.2, 0.25) is 0 Å². The molecule has 0 saturated carbocycles. The van der Waals surface area contributed by atoms with Gasteiger partial charge in [0.2, 0.25) is 0 Å². The summed E-state index contributed by atoms with van der Waals surface area (Å²) in [5, 5.41) is 0. The van der Waals surface area contributed by atoms with E-state index in [-0.39, 0.29) is 0 Å². The van der Waals surface area contributed by atoms with E-state index in [9.17, 15) is 0 Å². The van der Waals surface area contributed by atoms with Crippen LogP contribution in [0.3, 0.4) is 0 Å². The van der Waals surface area contributed by atoms with Crippen molar-refractivity contribution in [2.45, 2.75) is 19.3 Å². The Morgan fingerprint density at radius 2 is 1.64 bits per heavy atom. The van der Waals surface area contributed by atoms with E-state index in [4.69, 9.17) is 0 Å². The Kier molecular flexibility index (Phi) is 3.22. The third-order valence-corrected chi connectivity index (χ3v) is 5.12. The molecule has 68 valence electrons. The van der Waals surface area contributed by atoms with Crippen LogP contribution in [0.25, 0.3) is 0 Å². The lowest BCUT2D eigenvalue weighted by molar-refractivity contribution is 0.371. The fourth-order valence-corrected chi connectivity index (χ4v) is 2.88. The predicted molar refractivity (Wildman–Crippen MR) is 53.9 cm³/mol. The maximum absolute atomic E-state index is 3.42. The van der Waals surface area contributed by atoms with Crippen LogP contribution < -0.4 is 4.72 Å². The summed E-state index contributed by atoms with van der Waals surface area (Å²) in [7, 11) is 1.44. The van der Waals surface area contributed by atoms with Gasteiger partial charge in [-0.2, -0.15) is 0 Å². The average molecular weight is 176 g/mol. The quantitative estimate of drug-likeness (QED) is 0.687. The van der Waals surface area contributed by atoms with Gasteiger partial charge in [-0.15, -0.1) is 10.4 Å². The van der Waals surface area contributed by atoms with Crippen LogP contribution >= 0.6 is 10.4 Å². The molecule has 0 amide bonds. The molecule has 3 heteroatoms. The first-order chi connectivity index (χ1) is 5.17. The number of nitrogens with one attached hydrogen (secondary N) is 1. The first-order valence-corrected chi connectivity index (χ1v) is 6.74. The SMILES string of the molecule is CNS(C)(C)N1CCCCC1. The minimum absolute atomic E-state index is 0.638. The van der Waals surface area contributed by atoms with Crippen molar-refractivity contribution >= 4 is 10.4 Å². The molecular weight excluding hydrogens is 156 g/mol. The van der Waals surface area contributed by atoms with Crippen LogP contribution in [-0.2, 0) is 0 Å². The molecule has 1 heterocycles. The summed E-state index contributed by atoms with van der Waals surface area (Å²) in [6.07, 6.45) is 8.86. The van der Waals surface area contributed by atoms with Crippen LogP contribution in [0.15, 0.2) is 0 Å². The van der Waals surface area contributed by atoms with Crippen LogP contribution in [-0.4, -0.2) is 37.0 Å². The maximum atomic E-state index is 3.42. The van der Waals surface area contributed by atoms with E-state index in [2.05, 4.69) is 28.6 Å². The summed E-state index contributed by atoms with van der Waals surface area (Å²) >= 11 is 0. The smallest absolute Gasteiger partial charge is 0.00852 e. The Balaban J connectivity index is 2.43. The average Bonchev–Trinajstić information content (AvgIpc) is 2.06. The second-order valence-corrected chi connectivity index (χ2v) is 6.94. The highest BCUT2D eigenvalue weighted by molar-refractivity contribution is 8.29. The zero-order chi connectivity index (χ0) is 8.32. The normalized spacial score (nSPS) is 23.5. The molecule has 0 aromatic rings. The van der Waals surface area contributed by atoms with Gasteiger partial charge in [-0.25, -0.2) is 0 Å². The Hall–Kier alpha value is 0.270. The van der Waals surface area contributed by atoms with E-state index in [0.29, 0.717) is 0 Å². The molecule has 1 rings (SSSR count). The zero-order valence-corrected chi connectivity index (χ0v) is 8.71. The molecule has 0 aliphatic carbocycles. The standard InChI is InChI=1S/C8H20N2S/c1-9-11(2,3)10-7-5-4-6-8-10/h9H,4-8H2,1-3H3. The predicted octanol–water partition coefficient (Wildman–Crippen LogP) is 1.59. The first-order valence-electron chi connectivity index (χ1n) is 4.34. The zero-order valence-electron chi connectivity index (χ0n) is 7.89. The number of nitrogens with zero attached hydrogens (tertiary/aromatic N) is 1. The van der Waals surface area contributed by atoms with Gasteiger partial charge in [0.15, 0.2) is 0 Å². The van der Waals surface area contributed by atoms with Gasteiger partial charge in [-0.3, -0.25) is 9.03 Å². The summed E-state index contributed by atoms with van der Waals surface area (Å²) < 4.78 is 6.03. The molecule has 0 bridgehead atoms. The van der Waals surface area contributed by atoms with Crippen molar-refractivity contribution < 1.29 is 0 Å². The molecule has 1 saturated heterocycles. The molecule has 0 unspecified atom stereocenters. The van der Waals surface area contributed by atoms with E-state index in [1.165, 1.54) is 32.4 Å². The lowest BCUT2D eigenvalue weighted by Gasteiger charge is -2.44. The van der Waals surface area contributed by atoms with Crippen LogP contribution in [0.1, 0.15) is 19.3 Å². The Labute approximate surface area is 71.9 Å². The van der Waals surface area contributed by atoms with Crippen molar-refractivity contribution in [1.82, 2.24) is 9.03 Å². The van der Waals surface area contributed by atoms with Gasteiger partial charge < -0.3 is 0 Å². The minimum atomic E-state index is -0.638. The van der Waals surface area contributed by atoms with Crippen LogP contribution in [0.5, 0.6) is 0 Å². The molecular formula is C8H20N2S. The summed E-state index contributed by atoms with van der Waals surface area (Å²) in [6.45, 7) is 2.59. The number of hydrogen-bond acceptors (Lipinski definition) is 2. The van der Waals surface area contributed by atoms with Crippen molar-refractivity contribution in [3.05, 3.63) is 0 Å². The largest absolute Gasteiger partial charge is 0.273 e. The summed E-state index contributed by atoms with van der Waals surface area (Å²) in [5.74, 6) is 0. The van der Waals surface area contributed by atoms with Crippen molar-refractivity contribution in [2.24, 2.45) is 0 Å². The Morgan fingerprint density at radius 3 is 2.09 bits per heavy atom. The molecule has 0 radical (unpaired) electrons. The summed E-state index contributed by atoms with van der Waals surface area (Å²) in [5.41, 5.74) is 0. The second kappa shape index (κ2) is 3.78. The third kappa shape index (κ3) is 2.36. The highest BCUT2D eigenvalue weighted by Crippen LogP contribution is 2.40. The Bertz CT molecular complexity index is 119. The monoisotopic (exact) mass is 176 g/mol. The molecule has 1 fully saturated rings. The van der Waals surface area contributed by atoms with Gasteiger partial charge in [0.05, 0.1) is 0 Å². The second-order valence-electron chi connectivity index (χ2n) is 3.47. The van der Waals surface area contributed by atoms with Gasteiger partial charge in [-0.1, -0.05) is 6.42 Å². The topological polar surface area (TPSA) is 15.3 Å². The minimum Gasteiger partial charge on any atom is -0.273 e. The highest BCUT2D eigenvalue weighted by Gasteiger charge is 2.20. The van der Waals surface area contributed by atoms with E-state index in [0.717, 1.165) is 0 Å². The lowest BCUT2D eigenvalue weighted by Crippen LogP contribution is -2.37. The third-order valence-electron chi connectivity index (χ3n) is 2.46. The lowest BCUT2D eigenvalue weighted by atomic mass is 10.2. The fraction of sp³-hybridized carbons (Fsp3) is 1.00. The molecule has 0 aromatic heterocycles. The summed E-state index contributed by atoms with van der Waals surface area (Å²) in [4.78, 5) is 0. The van der Waals surface area contributed by atoms with Crippen LogP contribution in [0.4, 0.5) is 0 Å². The molecule has 1 N–H and O–H groups in total. The molecule has 2 nitrogen and oxygen atoms in total. The molecule has 0 atom stereocenters. The van der Waals surface area contributed by atoms with Gasteiger partial charge in [0, 0.05) is 13.1 Å². The van der Waals surface area contributed by atoms with Crippen molar-refractivity contribution in [2.75, 3.05) is 32.6 Å². The van der Waals surface area contributed by atoms with Gasteiger partial charge in [-0.05, 0) is 32.4 Å². The van der Waals surface area contributed by atoms with Crippen LogP contribution in [0, 0.1) is 0 Å². The van der Waals surface area contributed by atoms with Gasteiger partial charge >= 0.3 is 0 Å². The first kappa shape index (κ1) is 9.36. The summed E-state index contributed by atoms with van der Waals surface area (Å²) in [6, 6.07) is 0. The van der Waals surface area contributed by atoms with E-state index in [1.807, 2.05) is 0 Å². The molecule has 11 heavy (non-hydrogen) atoms. The van der Waals surface area contributed by atoms with Crippen molar-refractivity contribution in [1.29, 1.82) is 0 Å². The van der Waals surface area contributed by atoms with Gasteiger partial charge in [0.1, 0.15) is 0 Å². The molecule has 0 spiro atoms. The number of piperidine rings is 1. The van der Waals surface area contributed by atoms with E-state index < -0.39 is 10.4 Å². The van der Waals surface area contributed by atoms with Gasteiger partial charge in [0.25, 0.3) is 0 Å². The maximum Gasteiger partial charge on any atom is 0.00852 e. The molecule has 1 aliphatic rings. The van der Waals surface area contributed by atoms with Crippen molar-refractivity contribution in [3.63, 3.8) is 0 Å².